The predicted octanol–water partition coefficient (Wildman–Crippen LogP) is 13.9. The Morgan fingerprint density at radius 2 is 0.915 bits per heavy atom. The number of anilines is 3. The van der Waals surface area contributed by atoms with Crippen LogP contribution in [0, 0.1) is 0 Å². The van der Waals surface area contributed by atoms with Gasteiger partial charge in [-0.15, -0.1) is 22.7 Å². The predicted molar refractivity (Wildman–Crippen MR) is 207 cm³/mol. The van der Waals surface area contributed by atoms with E-state index in [4.69, 9.17) is 0 Å². The lowest BCUT2D eigenvalue weighted by atomic mass is 9.98. The highest BCUT2D eigenvalue weighted by molar-refractivity contribution is 7.26. The minimum Gasteiger partial charge on any atom is -0.310 e. The minimum absolute atomic E-state index is 1.14. The van der Waals surface area contributed by atoms with Gasteiger partial charge in [-0.1, -0.05) is 109 Å². The fourth-order valence-electron chi connectivity index (χ4n) is 7.23. The van der Waals surface area contributed by atoms with E-state index in [2.05, 4.69) is 169 Å². The summed E-state index contributed by atoms with van der Waals surface area (Å²) in [5.41, 5.74) is 5.90. The molecule has 2 aromatic heterocycles. The van der Waals surface area contributed by atoms with Gasteiger partial charge in [0.1, 0.15) is 0 Å². The molecule has 0 amide bonds. The van der Waals surface area contributed by atoms with Crippen LogP contribution in [-0.4, -0.2) is 0 Å². The van der Waals surface area contributed by atoms with E-state index in [1.807, 2.05) is 22.7 Å². The van der Waals surface area contributed by atoms with Crippen molar-refractivity contribution in [3.05, 3.63) is 164 Å². The molecule has 0 atom stereocenters. The zero-order chi connectivity index (χ0) is 30.9. The molecule has 1 nitrogen and oxygen atoms in total. The largest absolute Gasteiger partial charge is 0.310 e. The number of thiophene rings is 2. The summed E-state index contributed by atoms with van der Waals surface area (Å²) in [5.74, 6) is 0. The molecule has 0 saturated heterocycles. The van der Waals surface area contributed by atoms with Crippen LogP contribution in [0.25, 0.3) is 73.0 Å². The van der Waals surface area contributed by atoms with Crippen LogP contribution in [0.2, 0.25) is 0 Å². The maximum atomic E-state index is 2.46. The van der Waals surface area contributed by atoms with Gasteiger partial charge < -0.3 is 4.90 Å². The monoisotopic (exact) mass is 633 g/mol. The Hall–Kier alpha value is -5.48. The van der Waals surface area contributed by atoms with Crippen molar-refractivity contribution in [2.24, 2.45) is 0 Å². The van der Waals surface area contributed by atoms with Crippen molar-refractivity contribution in [3.63, 3.8) is 0 Å². The minimum atomic E-state index is 1.14. The molecule has 47 heavy (non-hydrogen) atoms. The van der Waals surface area contributed by atoms with Gasteiger partial charge in [-0.25, -0.2) is 0 Å². The van der Waals surface area contributed by atoms with Crippen LogP contribution in [-0.2, 0) is 0 Å². The summed E-state index contributed by atoms with van der Waals surface area (Å²) in [7, 11) is 0. The number of rotatable bonds is 4. The van der Waals surface area contributed by atoms with Crippen molar-refractivity contribution in [3.8, 4) is 11.1 Å². The molecule has 8 aromatic carbocycles. The van der Waals surface area contributed by atoms with Crippen molar-refractivity contribution in [1.82, 2.24) is 0 Å². The third kappa shape index (κ3) is 4.28. The summed E-state index contributed by atoms with van der Waals surface area (Å²) < 4.78 is 5.28. The molecule has 0 radical (unpaired) electrons. The third-order valence-corrected chi connectivity index (χ3v) is 11.7. The summed E-state index contributed by atoms with van der Waals surface area (Å²) in [6, 6.07) is 60.4. The lowest BCUT2D eigenvalue weighted by Gasteiger charge is -2.28. The molecular formula is C44H27NS2. The summed E-state index contributed by atoms with van der Waals surface area (Å²) in [4.78, 5) is 2.46. The maximum Gasteiger partial charge on any atom is 0.0546 e. The van der Waals surface area contributed by atoms with Crippen LogP contribution in [0.1, 0.15) is 0 Å². The summed E-state index contributed by atoms with van der Waals surface area (Å²) in [6.07, 6.45) is 0. The first-order valence-electron chi connectivity index (χ1n) is 15.9. The molecule has 0 aliphatic rings. The van der Waals surface area contributed by atoms with E-state index in [0.29, 0.717) is 0 Å². The second kappa shape index (κ2) is 10.5. The van der Waals surface area contributed by atoms with Crippen LogP contribution in [0.3, 0.4) is 0 Å². The van der Waals surface area contributed by atoms with E-state index >= 15 is 0 Å². The highest BCUT2D eigenvalue weighted by Crippen LogP contribution is 2.45. The molecule has 0 aliphatic heterocycles. The van der Waals surface area contributed by atoms with Gasteiger partial charge in [0.2, 0.25) is 0 Å². The Bertz CT molecular complexity index is 2820. The van der Waals surface area contributed by atoms with Crippen molar-refractivity contribution in [2.45, 2.75) is 0 Å². The quantitative estimate of drug-likeness (QED) is 0.174. The zero-order valence-electron chi connectivity index (χ0n) is 25.4. The van der Waals surface area contributed by atoms with E-state index in [1.54, 1.807) is 0 Å². The van der Waals surface area contributed by atoms with Crippen molar-refractivity contribution >= 4 is 102 Å². The first kappa shape index (κ1) is 26.7. The smallest absolute Gasteiger partial charge is 0.0546 e. The van der Waals surface area contributed by atoms with E-state index in [9.17, 15) is 0 Å². The van der Waals surface area contributed by atoms with Crippen LogP contribution in [0.5, 0.6) is 0 Å². The van der Waals surface area contributed by atoms with Gasteiger partial charge in [0.25, 0.3) is 0 Å². The standard InChI is InChI=1S/C44H27NS2/c1-2-13-33-30(10-1)25-40(35-15-4-3-14-34(33)35)45(32-21-23-43-39(27-32)37-17-6-8-19-42(37)46-43)31-12-9-11-28(24-31)29-20-22-38-36-16-5-7-18-41(36)47-44(38)26-29/h1-27H. The molecule has 3 heteroatoms. The number of hydrogen-bond donors (Lipinski definition) is 0. The fraction of sp³-hybridized carbons (Fsp3) is 0. The van der Waals surface area contributed by atoms with Gasteiger partial charge in [-0.2, -0.15) is 0 Å². The molecule has 220 valence electrons. The summed E-state index contributed by atoms with van der Waals surface area (Å²) in [5, 5.41) is 10.3. The molecule has 10 aromatic rings. The van der Waals surface area contributed by atoms with Crippen LogP contribution in [0.4, 0.5) is 17.1 Å². The first-order valence-corrected chi connectivity index (χ1v) is 17.6. The Balaban J connectivity index is 1.22. The average Bonchev–Trinajstić information content (AvgIpc) is 3.70. The second-order valence-corrected chi connectivity index (χ2v) is 14.3. The van der Waals surface area contributed by atoms with Gasteiger partial charge in [0.05, 0.1) is 5.69 Å². The molecule has 2 heterocycles. The van der Waals surface area contributed by atoms with Crippen LogP contribution < -0.4 is 4.90 Å². The summed E-state index contributed by atoms with van der Waals surface area (Å²) in [6.45, 7) is 0. The molecule has 0 fully saturated rings. The van der Waals surface area contributed by atoms with Gasteiger partial charge in [-0.05, 0) is 81.9 Å². The van der Waals surface area contributed by atoms with Crippen LogP contribution in [0.15, 0.2) is 164 Å². The van der Waals surface area contributed by atoms with E-state index in [0.717, 1.165) is 11.4 Å². The van der Waals surface area contributed by atoms with Crippen molar-refractivity contribution in [2.75, 3.05) is 4.90 Å². The lowest BCUT2D eigenvalue weighted by Crippen LogP contribution is -2.10. The molecular weight excluding hydrogens is 607 g/mol. The highest BCUT2D eigenvalue weighted by atomic mass is 32.1. The number of fused-ring (bicyclic) bond motifs is 9. The topological polar surface area (TPSA) is 3.24 Å². The molecule has 0 unspecified atom stereocenters. The van der Waals surface area contributed by atoms with Crippen LogP contribution >= 0.6 is 22.7 Å². The van der Waals surface area contributed by atoms with Gasteiger partial charge in [0.15, 0.2) is 0 Å². The Morgan fingerprint density at radius 3 is 1.74 bits per heavy atom. The third-order valence-electron chi connectivity index (χ3n) is 9.42. The normalized spacial score (nSPS) is 11.8. The second-order valence-electron chi connectivity index (χ2n) is 12.1. The fourth-order valence-corrected chi connectivity index (χ4v) is 9.46. The first-order chi connectivity index (χ1) is 23.3. The number of hydrogen-bond acceptors (Lipinski definition) is 3. The Kier molecular flexibility index (Phi) is 5.98. The highest BCUT2D eigenvalue weighted by Gasteiger charge is 2.19. The van der Waals surface area contributed by atoms with Crippen molar-refractivity contribution in [1.29, 1.82) is 0 Å². The van der Waals surface area contributed by atoms with Gasteiger partial charge in [-0.3, -0.25) is 0 Å². The number of benzene rings is 8. The SMILES string of the molecule is c1cc(-c2ccc3c(c2)sc2ccccc23)cc(N(c2ccc3sc4ccccc4c3c2)c2cc3ccccc3c3ccccc23)c1. The zero-order valence-corrected chi connectivity index (χ0v) is 27.0. The molecule has 0 bridgehead atoms. The van der Waals surface area contributed by atoms with E-state index in [-0.39, 0.29) is 0 Å². The van der Waals surface area contributed by atoms with Gasteiger partial charge in [0, 0.05) is 57.1 Å². The molecule has 0 spiro atoms. The average molecular weight is 634 g/mol. The lowest BCUT2D eigenvalue weighted by molar-refractivity contribution is 1.31. The van der Waals surface area contributed by atoms with Gasteiger partial charge >= 0.3 is 0 Å². The molecule has 10 rings (SSSR count). The molecule has 0 N–H and O–H groups in total. The van der Waals surface area contributed by atoms with Crippen molar-refractivity contribution < 1.29 is 0 Å². The Labute approximate surface area is 280 Å². The van der Waals surface area contributed by atoms with E-state index in [1.165, 1.54) is 78.7 Å². The number of nitrogens with zero attached hydrogens (tertiary/aromatic N) is 1. The maximum absolute atomic E-state index is 2.46. The molecule has 0 saturated carbocycles. The Morgan fingerprint density at radius 1 is 0.319 bits per heavy atom. The van der Waals surface area contributed by atoms with E-state index < -0.39 is 0 Å². The molecule has 0 aliphatic carbocycles. The summed E-state index contributed by atoms with van der Waals surface area (Å²) >= 11 is 3.73.